The third-order valence-corrected chi connectivity index (χ3v) is 3.89. The smallest absolute Gasteiger partial charge is 0.263 e. The summed E-state index contributed by atoms with van der Waals surface area (Å²) in [6, 6.07) is 5.78. The number of nitrogens with one attached hydrogen (secondary N) is 2. The van der Waals surface area contributed by atoms with E-state index in [1.165, 1.54) is 13.2 Å². The summed E-state index contributed by atoms with van der Waals surface area (Å²) in [5.74, 6) is 0.731. The molecule has 0 aliphatic heterocycles. The minimum absolute atomic E-state index is 0.0150. The molecule has 1 aromatic carbocycles. The third-order valence-electron chi connectivity index (χ3n) is 3.13. The molecule has 0 saturated heterocycles. The molecule has 0 spiro atoms. The molecule has 1 heterocycles. The molecule has 120 valence electrons. The largest absolute Gasteiger partial charge is 0.496 e. The van der Waals surface area contributed by atoms with Crippen molar-refractivity contribution in [3.05, 3.63) is 51.7 Å². The number of carbonyl (C=O) groups excluding carboxylic acids is 1. The van der Waals surface area contributed by atoms with E-state index in [1.807, 2.05) is 30.5 Å². The van der Waals surface area contributed by atoms with Crippen molar-refractivity contribution in [2.45, 2.75) is 4.90 Å². The van der Waals surface area contributed by atoms with E-state index in [2.05, 4.69) is 15.3 Å². The van der Waals surface area contributed by atoms with Gasteiger partial charge in [0.1, 0.15) is 17.1 Å². The summed E-state index contributed by atoms with van der Waals surface area (Å²) in [5, 5.41) is 2.39. The molecule has 2 aromatic rings. The SMILES string of the molecule is CNC(=O)c1cnc(/C=C/c2ccc(OC)c(SC)c2)[nH]c1=O. The molecule has 0 aliphatic carbocycles. The Labute approximate surface area is 138 Å². The Morgan fingerprint density at radius 1 is 1.39 bits per heavy atom. The van der Waals surface area contributed by atoms with Crippen LogP contribution >= 0.6 is 11.8 Å². The number of hydrogen-bond donors (Lipinski definition) is 2. The van der Waals surface area contributed by atoms with Gasteiger partial charge in [0.05, 0.1) is 7.11 Å². The van der Waals surface area contributed by atoms with Crippen LogP contribution in [0.5, 0.6) is 5.75 Å². The van der Waals surface area contributed by atoms with Crippen LogP contribution < -0.4 is 15.6 Å². The summed E-state index contributed by atoms with van der Waals surface area (Å²) < 4.78 is 5.27. The molecule has 0 atom stereocenters. The number of ether oxygens (including phenoxy) is 1. The van der Waals surface area contributed by atoms with Crippen molar-refractivity contribution in [3.63, 3.8) is 0 Å². The monoisotopic (exact) mass is 331 g/mol. The fraction of sp³-hybridized carbons (Fsp3) is 0.188. The van der Waals surface area contributed by atoms with Crippen molar-refractivity contribution in [2.75, 3.05) is 20.4 Å². The lowest BCUT2D eigenvalue weighted by atomic mass is 10.2. The highest BCUT2D eigenvalue weighted by molar-refractivity contribution is 7.98. The number of amides is 1. The number of thioether (sulfide) groups is 1. The summed E-state index contributed by atoms with van der Waals surface area (Å²) in [5.41, 5.74) is 0.463. The quantitative estimate of drug-likeness (QED) is 0.819. The van der Waals surface area contributed by atoms with Gasteiger partial charge in [0.25, 0.3) is 11.5 Å². The predicted molar refractivity (Wildman–Crippen MR) is 92.0 cm³/mol. The Bertz CT molecular complexity index is 799. The average Bonchev–Trinajstić information content (AvgIpc) is 2.59. The molecular formula is C16H17N3O3S. The first-order chi connectivity index (χ1) is 11.1. The topological polar surface area (TPSA) is 84.1 Å². The zero-order valence-corrected chi connectivity index (χ0v) is 13.9. The van der Waals surface area contributed by atoms with Crippen molar-refractivity contribution < 1.29 is 9.53 Å². The van der Waals surface area contributed by atoms with Gasteiger partial charge in [-0.1, -0.05) is 12.1 Å². The number of nitrogens with zero attached hydrogens (tertiary/aromatic N) is 1. The van der Waals surface area contributed by atoms with Gasteiger partial charge < -0.3 is 15.0 Å². The second-order valence-corrected chi connectivity index (χ2v) is 5.39. The third kappa shape index (κ3) is 4.01. The van der Waals surface area contributed by atoms with Crippen LogP contribution in [0.2, 0.25) is 0 Å². The van der Waals surface area contributed by atoms with Crippen LogP contribution in [0.1, 0.15) is 21.7 Å². The fourth-order valence-corrected chi connectivity index (χ4v) is 2.53. The molecule has 6 nitrogen and oxygen atoms in total. The molecule has 0 bridgehead atoms. The van der Waals surface area contributed by atoms with E-state index < -0.39 is 11.5 Å². The van der Waals surface area contributed by atoms with Crippen molar-refractivity contribution in [2.24, 2.45) is 0 Å². The Morgan fingerprint density at radius 3 is 2.78 bits per heavy atom. The Hall–Kier alpha value is -2.54. The normalized spacial score (nSPS) is 10.7. The number of aromatic nitrogens is 2. The van der Waals surface area contributed by atoms with Gasteiger partial charge in [-0.25, -0.2) is 4.98 Å². The highest BCUT2D eigenvalue weighted by Gasteiger charge is 2.08. The van der Waals surface area contributed by atoms with Gasteiger partial charge in [-0.05, 0) is 30.0 Å². The number of hydrogen-bond acceptors (Lipinski definition) is 5. The molecule has 0 aliphatic rings. The first-order valence-corrected chi connectivity index (χ1v) is 8.03. The van der Waals surface area contributed by atoms with Gasteiger partial charge in [0, 0.05) is 18.1 Å². The number of H-pyrrole nitrogens is 1. The Balaban J connectivity index is 2.25. The zero-order chi connectivity index (χ0) is 16.8. The van der Waals surface area contributed by atoms with Gasteiger partial charge in [-0.15, -0.1) is 11.8 Å². The molecule has 0 unspecified atom stereocenters. The number of aromatic amines is 1. The Morgan fingerprint density at radius 2 is 2.17 bits per heavy atom. The van der Waals surface area contributed by atoms with E-state index in [0.29, 0.717) is 5.82 Å². The van der Waals surface area contributed by atoms with Crippen LogP contribution in [0.4, 0.5) is 0 Å². The van der Waals surface area contributed by atoms with Crippen molar-refractivity contribution in [3.8, 4) is 5.75 Å². The summed E-state index contributed by atoms with van der Waals surface area (Å²) in [6.45, 7) is 0. The molecular weight excluding hydrogens is 314 g/mol. The number of rotatable bonds is 5. The number of methoxy groups -OCH3 is 1. The van der Waals surface area contributed by atoms with Crippen molar-refractivity contribution in [1.29, 1.82) is 0 Å². The van der Waals surface area contributed by atoms with Gasteiger partial charge in [-0.3, -0.25) is 9.59 Å². The summed E-state index contributed by atoms with van der Waals surface area (Å²) >= 11 is 1.59. The fourth-order valence-electron chi connectivity index (χ4n) is 1.92. The molecule has 1 aromatic heterocycles. The summed E-state index contributed by atoms with van der Waals surface area (Å²) in [7, 11) is 3.09. The van der Waals surface area contributed by atoms with Crippen molar-refractivity contribution in [1.82, 2.24) is 15.3 Å². The maximum atomic E-state index is 11.8. The highest BCUT2D eigenvalue weighted by Crippen LogP contribution is 2.28. The van der Waals surface area contributed by atoms with Crippen LogP contribution in [-0.4, -0.2) is 36.3 Å². The van der Waals surface area contributed by atoms with E-state index in [1.54, 1.807) is 24.9 Å². The lowest BCUT2D eigenvalue weighted by Gasteiger charge is -2.06. The zero-order valence-electron chi connectivity index (χ0n) is 13.0. The summed E-state index contributed by atoms with van der Waals surface area (Å²) in [4.78, 5) is 30.9. The van der Waals surface area contributed by atoms with E-state index in [-0.39, 0.29) is 5.56 Å². The van der Waals surface area contributed by atoms with Crippen LogP contribution in [0, 0.1) is 0 Å². The second-order valence-electron chi connectivity index (χ2n) is 4.54. The molecule has 0 saturated carbocycles. The van der Waals surface area contributed by atoms with Crippen LogP contribution in [0.3, 0.4) is 0 Å². The lowest BCUT2D eigenvalue weighted by Crippen LogP contribution is -2.27. The molecule has 7 heteroatoms. The first kappa shape index (κ1) is 16.8. The summed E-state index contributed by atoms with van der Waals surface area (Å²) in [6.07, 6.45) is 6.75. The van der Waals surface area contributed by atoms with E-state index in [0.717, 1.165) is 16.2 Å². The van der Waals surface area contributed by atoms with Crippen LogP contribution in [0.15, 0.2) is 34.1 Å². The molecule has 0 radical (unpaired) electrons. The molecule has 23 heavy (non-hydrogen) atoms. The van der Waals surface area contributed by atoms with Crippen LogP contribution in [0.25, 0.3) is 12.2 Å². The highest BCUT2D eigenvalue weighted by atomic mass is 32.2. The molecule has 2 rings (SSSR count). The van der Waals surface area contributed by atoms with E-state index >= 15 is 0 Å². The van der Waals surface area contributed by atoms with E-state index in [4.69, 9.17) is 4.74 Å². The predicted octanol–water partition coefficient (Wildman–Crippen LogP) is 2.03. The van der Waals surface area contributed by atoms with E-state index in [9.17, 15) is 9.59 Å². The Kier molecular flexibility index (Phi) is 5.59. The van der Waals surface area contributed by atoms with Crippen molar-refractivity contribution >= 4 is 29.8 Å². The lowest BCUT2D eigenvalue weighted by molar-refractivity contribution is 0.0961. The maximum Gasteiger partial charge on any atom is 0.263 e. The molecule has 0 fully saturated rings. The molecule has 1 amide bonds. The maximum absolute atomic E-state index is 11.8. The minimum Gasteiger partial charge on any atom is -0.496 e. The standard InChI is InChI=1S/C16H17N3O3S/c1-17-15(20)11-9-18-14(19-16(11)21)7-5-10-4-6-12(22-2)13(8-10)23-3/h4-9H,1-3H3,(H,17,20)(H,18,19,21)/b7-5+. The van der Waals surface area contributed by atoms with Gasteiger partial charge in [0.2, 0.25) is 0 Å². The van der Waals surface area contributed by atoms with Gasteiger partial charge in [-0.2, -0.15) is 0 Å². The second kappa shape index (κ2) is 7.64. The number of benzene rings is 1. The average molecular weight is 331 g/mol. The van der Waals surface area contributed by atoms with Gasteiger partial charge in [0.15, 0.2) is 0 Å². The number of carbonyl (C=O) groups is 1. The van der Waals surface area contributed by atoms with Crippen LogP contribution in [-0.2, 0) is 0 Å². The molecule has 2 N–H and O–H groups in total. The minimum atomic E-state index is -0.474. The first-order valence-electron chi connectivity index (χ1n) is 6.80. The van der Waals surface area contributed by atoms with Gasteiger partial charge >= 0.3 is 0 Å².